The molecule has 0 fully saturated rings. The molecule has 0 heterocycles. The Morgan fingerprint density at radius 3 is 2.26 bits per heavy atom. The predicted molar refractivity (Wildman–Crippen MR) is 168 cm³/mol. The van der Waals surface area contributed by atoms with E-state index in [2.05, 4.69) is 5.32 Å². The molecule has 3 aromatic carbocycles. The quantitative estimate of drug-likeness (QED) is 0.241. The van der Waals surface area contributed by atoms with E-state index in [1.165, 1.54) is 24.1 Å². The number of amides is 2. The van der Waals surface area contributed by atoms with Gasteiger partial charge >= 0.3 is 0 Å². The Hall–Kier alpha value is -3.27. The number of methoxy groups -OCH3 is 1. The molecule has 0 unspecified atom stereocenters. The Morgan fingerprint density at radius 2 is 1.67 bits per heavy atom. The lowest BCUT2D eigenvalue weighted by Crippen LogP contribution is -2.53. The van der Waals surface area contributed by atoms with Gasteiger partial charge in [-0.15, -0.1) is 0 Å². The van der Waals surface area contributed by atoms with Crippen molar-refractivity contribution in [3.8, 4) is 5.75 Å². The first kappa shape index (κ1) is 33.2. The van der Waals surface area contributed by atoms with E-state index in [1.54, 1.807) is 61.5 Å². The lowest BCUT2D eigenvalue weighted by molar-refractivity contribution is -0.140. The molecule has 226 valence electrons. The van der Waals surface area contributed by atoms with Gasteiger partial charge < -0.3 is 15.0 Å². The predicted octanol–water partition coefficient (Wildman–Crippen LogP) is 6.23. The van der Waals surface area contributed by atoms with E-state index in [4.69, 9.17) is 27.9 Å². The molecule has 1 N–H and O–H groups in total. The summed E-state index contributed by atoms with van der Waals surface area (Å²) in [5, 5.41) is 3.71. The van der Waals surface area contributed by atoms with Crippen molar-refractivity contribution in [3.63, 3.8) is 0 Å². The highest BCUT2D eigenvalue weighted by atomic mass is 35.5. The van der Waals surface area contributed by atoms with Crippen LogP contribution in [0.2, 0.25) is 10.0 Å². The fourth-order valence-corrected chi connectivity index (χ4v) is 6.20. The topological polar surface area (TPSA) is 96.0 Å². The summed E-state index contributed by atoms with van der Waals surface area (Å²) in [6.07, 6.45) is 1.00. The molecule has 3 rings (SSSR count). The zero-order valence-corrected chi connectivity index (χ0v) is 26.8. The van der Waals surface area contributed by atoms with Crippen LogP contribution in [0.5, 0.6) is 5.75 Å². The van der Waals surface area contributed by atoms with Crippen LogP contribution in [0.4, 0.5) is 5.69 Å². The Kier molecular flexibility index (Phi) is 11.7. The molecule has 0 saturated heterocycles. The molecule has 0 aliphatic rings. The number of anilines is 1. The van der Waals surface area contributed by atoms with E-state index in [1.807, 2.05) is 20.8 Å². The smallest absolute Gasteiger partial charge is 0.264 e. The van der Waals surface area contributed by atoms with Gasteiger partial charge in [-0.25, -0.2) is 8.42 Å². The molecule has 3 aromatic rings. The zero-order valence-electron chi connectivity index (χ0n) is 24.4. The Balaban J connectivity index is 2.10. The maximum Gasteiger partial charge on any atom is 0.264 e. The van der Waals surface area contributed by atoms with Crippen LogP contribution >= 0.6 is 23.2 Å². The average Bonchev–Trinajstić information content (AvgIpc) is 2.96. The number of sulfonamides is 1. The van der Waals surface area contributed by atoms with Crippen molar-refractivity contribution in [1.29, 1.82) is 0 Å². The molecule has 0 bridgehead atoms. The largest absolute Gasteiger partial charge is 0.497 e. The Labute approximate surface area is 258 Å². The number of nitrogens with one attached hydrogen (secondary N) is 1. The highest BCUT2D eigenvalue weighted by Crippen LogP contribution is 2.29. The van der Waals surface area contributed by atoms with Crippen LogP contribution < -0.4 is 14.4 Å². The summed E-state index contributed by atoms with van der Waals surface area (Å²) >= 11 is 12.6. The van der Waals surface area contributed by atoms with Gasteiger partial charge in [0.05, 0.1) is 17.7 Å². The van der Waals surface area contributed by atoms with Gasteiger partial charge in [0.25, 0.3) is 10.0 Å². The number of hydrogen-bond donors (Lipinski definition) is 1. The number of nitrogens with zero attached hydrogens (tertiary/aromatic N) is 2. The first-order valence-electron chi connectivity index (χ1n) is 13.7. The fraction of sp³-hybridized carbons (Fsp3) is 0.355. The van der Waals surface area contributed by atoms with Crippen LogP contribution in [-0.2, 0) is 26.2 Å². The normalized spacial score (nSPS) is 12.7. The number of carbonyl (C=O) groups excluding carboxylic acids is 2. The van der Waals surface area contributed by atoms with Crippen LogP contribution in [0.3, 0.4) is 0 Å². The van der Waals surface area contributed by atoms with Crippen LogP contribution in [-0.4, -0.2) is 50.9 Å². The van der Waals surface area contributed by atoms with Crippen molar-refractivity contribution < 1.29 is 22.7 Å². The van der Waals surface area contributed by atoms with E-state index >= 15 is 0 Å². The number of benzene rings is 3. The van der Waals surface area contributed by atoms with Crippen molar-refractivity contribution in [2.75, 3.05) is 18.0 Å². The number of aryl methyl sites for hydroxylation is 1. The second-order valence-electron chi connectivity index (χ2n) is 10.0. The molecule has 2 amide bonds. The first-order chi connectivity index (χ1) is 19.9. The molecular formula is C31H37Cl2N3O5S. The lowest BCUT2D eigenvalue weighted by atomic mass is 10.1. The third kappa shape index (κ3) is 8.18. The van der Waals surface area contributed by atoms with Gasteiger partial charge in [-0.3, -0.25) is 13.9 Å². The summed E-state index contributed by atoms with van der Waals surface area (Å²) in [6.45, 7) is 6.89. The summed E-state index contributed by atoms with van der Waals surface area (Å²) in [5.41, 5.74) is 1.70. The second-order valence-corrected chi connectivity index (χ2v) is 12.7. The number of rotatable bonds is 13. The van der Waals surface area contributed by atoms with Crippen LogP contribution in [0.15, 0.2) is 71.6 Å². The summed E-state index contributed by atoms with van der Waals surface area (Å²) in [6, 6.07) is 16.8. The number of carbonyl (C=O) groups is 2. The second kappa shape index (κ2) is 14.8. The average molecular weight is 635 g/mol. The van der Waals surface area contributed by atoms with Gasteiger partial charge in [0, 0.05) is 28.7 Å². The number of hydrogen-bond acceptors (Lipinski definition) is 5. The molecule has 0 aliphatic carbocycles. The van der Waals surface area contributed by atoms with Crippen LogP contribution in [0.25, 0.3) is 0 Å². The van der Waals surface area contributed by atoms with Gasteiger partial charge in [-0.05, 0) is 68.7 Å². The van der Waals surface area contributed by atoms with E-state index in [-0.39, 0.29) is 29.1 Å². The van der Waals surface area contributed by atoms with Gasteiger partial charge in [0.1, 0.15) is 18.3 Å². The summed E-state index contributed by atoms with van der Waals surface area (Å²) in [7, 11) is -2.73. The summed E-state index contributed by atoms with van der Waals surface area (Å²) in [4.78, 5) is 29.0. The first-order valence-corrected chi connectivity index (χ1v) is 15.9. The van der Waals surface area contributed by atoms with E-state index in [0.29, 0.717) is 34.2 Å². The van der Waals surface area contributed by atoms with Crippen molar-refractivity contribution in [1.82, 2.24) is 10.2 Å². The fourth-order valence-electron chi connectivity index (χ4n) is 4.33. The van der Waals surface area contributed by atoms with Gasteiger partial charge in [0.2, 0.25) is 11.8 Å². The summed E-state index contributed by atoms with van der Waals surface area (Å²) < 4.78 is 34.4. The molecule has 0 spiro atoms. The van der Waals surface area contributed by atoms with Crippen molar-refractivity contribution in [2.45, 2.75) is 64.1 Å². The molecule has 42 heavy (non-hydrogen) atoms. The molecule has 0 radical (unpaired) electrons. The number of ether oxygens (including phenoxy) is 1. The lowest BCUT2D eigenvalue weighted by Gasteiger charge is -2.34. The maximum absolute atomic E-state index is 14.2. The molecule has 11 heteroatoms. The highest BCUT2D eigenvalue weighted by Gasteiger charge is 2.34. The highest BCUT2D eigenvalue weighted by molar-refractivity contribution is 7.92. The summed E-state index contributed by atoms with van der Waals surface area (Å²) in [5.74, 6) is -0.487. The third-order valence-electron chi connectivity index (χ3n) is 6.97. The molecule has 8 nitrogen and oxygen atoms in total. The van der Waals surface area contributed by atoms with E-state index in [0.717, 1.165) is 9.87 Å². The Morgan fingerprint density at radius 1 is 0.976 bits per heavy atom. The minimum absolute atomic E-state index is 0.0255. The van der Waals surface area contributed by atoms with Crippen LogP contribution in [0, 0.1) is 6.92 Å². The standard InChI is InChI=1S/C31H37Cl2N3O5S/c1-6-22(4)34-31(38)29(7-2)35(19-23-13-14-24(32)17-28(23)33)30(37)20-36(25-9-8-10-26(18-25)41-5)42(39,40)27-15-11-21(3)12-16-27/h8-18,22,29H,6-7,19-20H2,1-5H3,(H,34,38)/t22-,29+/m1/s1. The van der Waals surface area contributed by atoms with Crippen LogP contribution in [0.1, 0.15) is 44.7 Å². The van der Waals surface area contributed by atoms with Crippen molar-refractivity contribution in [3.05, 3.63) is 87.9 Å². The molecule has 0 saturated carbocycles. The third-order valence-corrected chi connectivity index (χ3v) is 9.35. The van der Waals surface area contributed by atoms with E-state index < -0.39 is 28.5 Å². The van der Waals surface area contributed by atoms with Crippen molar-refractivity contribution >= 4 is 50.7 Å². The van der Waals surface area contributed by atoms with E-state index in [9.17, 15) is 18.0 Å². The molecule has 0 aliphatic heterocycles. The van der Waals surface area contributed by atoms with Gasteiger partial charge in [-0.2, -0.15) is 0 Å². The van der Waals surface area contributed by atoms with Crippen molar-refractivity contribution in [2.24, 2.45) is 0 Å². The zero-order chi connectivity index (χ0) is 31.0. The molecule has 0 aromatic heterocycles. The SMILES string of the molecule is CC[C@@H](C)NC(=O)[C@H](CC)N(Cc1ccc(Cl)cc1Cl)C(=O)CN(c1cccc(OC)c1)S(=O)(=O)c1ccc(C)cc1. The minimum Gasteiger partial charge on any atom is -0.497 e. The minimum atomic E-state index is -4.20. The molecule has 2 atom stereocenters. The maximum atomic E-state index is 14.2. The monoisotopic (exact) mass is 633 g/mol. The number of halogens is 2. The molecular weight excluding hydrogens is 597 g/mol. The Bertz CT molecular complexity index is 1500. The van der Waals surface area contributed by atoms with Gasteiger partial charge in [0.15, 0.2) is 0 Å². The van der Waals surface area contributed by atoms with Gasteiger partial charge in [-0.1, -0.05) is 66.9 Å².